The number of carbonyl (C=O) groups is 1. The van der Waals surface area contributed by atoms with E-state index in [1.165, 1.54) is 12.8 Å². The van der Waals surface area contributed by atoms with Crippen LogP contribution in [0.5, 0.6) is 0 Å². The fraction of sp³-hybridized carbons (Fsp3) is 0.462. The third-order valence-electron chi connectivity index (χ3n) is 3.10. The van der Waals surface area contributed by atoms with Crippen molar-refractivity contribution in [1.82, 2.24) is 5.32 Å². The van der Waals surface area contributed by atoms with Crippen molar-refractivity contribution < 1.29 is 4.79 Å². The highest BCUT2D eigenvalue weighted by molar-refractivity contribution is 6.30. The summed E-state index contributed by atoms with van der Waals surface area (Å²) in [4.78, 5) is 11.6. The van der Waals surface area contributed by atoms with Crippen LogP contribution in [0.2, 0.25) is 5.02 Å². The van der Waals surface area contributed by atoms with E-state index in [0.717, 1.165) is 11.6 Å². The molecule has 2 atom stereocenters. The first-order chi connectivity index (χ1) is 8.19. The van der Waals surface area contributed by atoms with Crippen molar-refractivity contribution >= 4 is 23.2 Å². The summed E-state index contributed by atoms with van der Waals surface area (Å²) < 4.78 is 0. The van der Waals surface area contributed by atoms with Gasteiger partial charge in [-0.1, -0.05) is 24.9 Å². The fourth-order valence-corrected chi connectivity index (χ4v) is 2.04. The molecule has 17 heavy (non-hydrogen) atoms. The lowest BCUT2D eigenvalue weighted by atomic mass is 10.3. The van der Waals surface area contributed by atoms with Gasteiger partial charge in [-0.25, -0.2) is 0 Å². The summed E-state index contributed by atoms with van der Waals surface area (Å²) in [5, 5.41) is 6.75. The maximum atomic E-state index is 11.6. The minimum absolute atomic E-state index is 0.00549. The summed E-state index contributed by atoms with van der Waals surface area (Å²) in [5.74, 6) is 0.757. The molecule has 0 aromatic heterocycles. The van der Waals surface area contributed by atoms with Crippen molar-refractivity contribution in [3.63, 3.8) is 0 Å². The van der Waals surface area contributed by atoms with Crippen molar-refractivity contribution in [2.45, 2.75) is 25.8 Å². The average Bonchev–Trinajstić information content (AvgIpc) is 3.08. The summed E-state index contributed by atoms with van der Waals surface area (Å²) in [6.07, 6.45) is 2.39. The quantitative estimate of drug-likeness (QED) is 0.846. The number of anilines is 1. The Balaban J connectivity index is 1.72. The predicted molar refractivity (Wildman–Crippen MR) is 70.3 cm³/mol. The molecule has 4 heteroatoms. The van der Waals surface area contributed by atoms with Gasteiger partial charge in [0.1, 0.15) is 0 Å². The molecule has 0 saturated heterocycles. The van der Waals surface area contributed by atoms with E-state index in [0.29, 0.717) is 17.6 Å². The topological polar surface area (TPSA) is 41.1 Å². The summed E-state index contributed by atoms with van der Waals surface area (Å²) in [5.41, 5.74) is 0.782. The summed E-state index contributed by atoms with van der Waals surface area (Å²) >= 11 is 5.77. The Morgan fingerprint density at radius 3 is 2.71 bits per heavy atom. The van der Waals surface area contributed by atoms with Crippen LogP contribution >= 0.6 is 11.6 Å². The fourth-order valence-electron chi connectivity index (χ4n) is 1.91. The van der Waals surface area contributed by atoms with Gasteiger partial charge in [-0.15, -0.1) is 0 Å². The van der Waals surface area contributed by atoms with E-state index in [1.54, 1.807) is 24.3 Å². The number of hydrogen-bond acceptors (Lipinski definition) is 2. The van der Waals surface area contributed by atoms with Crippen molar-refractivity contribution in [2.24, 2.45) is 5.92 Å². The molecule has 3 nitrogen and oxygen atoms in total. The van der Waals surface area contributed by atoms with Gasteiger partial charge in [0, 0.05) is 16.8 Å². The van der Waals surface area contributed by atoms with E-state index in [2.05, 4.69) is 17.6 Å². The van der Waals surface area contributed by atoms with Crippen LogP contribution in [-0.4, -0.2) is 18.5 Å². The van der Waals surface area contributed by atoms with Gasteiger partial charge < -0.3 is 10.6 Å². The third kappa shape index (κ3) is 3.72. The van der Waals surface area contributed by atoms with Gasteiger partial charge in [0.2, 0.25) is 5.91 Å². The molecule has 0 bridgehead atoms. The average molecular weight is 253 g/mol. The van der Waals surface area contributed by atoms with Crippen LogP contribution in [0, 0.1) is 5.92 Å². The van der Waals surface area contributed by atoms with Crippen LogP contribution in [0.15, 0.2) is 24.3 Å². The van der Waals surface area contributed by atoms with E-state index in [9.17, 15) is 4.79 Å². The molecule has 0 spiro atoms. The Hall–Kier alpha value is -1.06. The summed E-state index contributed by atoms with van der Waals surface area (Å²) in [6.45, 7) is 2.56. The van der Waals surface area contributed by atoms with Crippen molar-refractivity contribution in [1.29, 1.82) is 0 Å². The molecule has 1 aliphatic rings. The molecule has 1 aliphatic carbocycles. The molecular formula is C13H17ClN2O. The van der Waals surface area contributed by atoms with E-state index in [-0.39, 0.29) is 5.91 Å². The van der Waals surface area contributed by atoms with Crippen molar-refractivity contribution in [3.05, 3.63) is 29.3 Å². The Labute approximate surface area is 107 Å². The van der Waals surface area contributed by atoms with E-state index in [1.807, 2.05) is 0 Å². The van der Waals surface area contributed by atoms with Crippen LogP contribution in [0.25, 0.3) is 0 Å². The second-order valence-corrected chi connectivity index (χ2v) is 4.88. The number of amides is 1. The highest BCUT2D eigenvalue weighted by Crippen LogP contribution is 2.32. The van der Waals surface area contributed by atoms with Gasteiger partial charge in [-0.2, -0.15) is 0 Å². The zero-order valence-corrected chi connectivity index (χ0v) is 10.6. The molecule has 1 aromatic carbocycles. The Morgan fingerprint density at radius 2 is 2.12 bits per heavy atom. The lowest BCUT2D eigenvalue weighted by Gasteiger charge is -2.06. The zero-order chi connectivity index (χ0) is 12.3. The number of benzene rings is 1. The highest BCUT2D eigenvalue weighted by Gasteiger charge is 2.34. The lowest BCUT2D eigenvalue weighted by Crippen LogP contribution is -2.30. The molecule has 1 fully saturated rings. The first kappa shape index (κ1) is 12.4. The molecular weight excluding hydrogens is 236 g/mol. The van der Waals surface area contributed by atoms with Crippen LogP contribution in [0.3, 0.4) is 0 Å². The van der Waals surface area contributed by atoms with E-state index in [4.69, 9.17) is 11.6 Å². The van der Waals surface area contributed by atoms with Gasteiger partial charge in [-0.3, -0.25) is 4.79 Å². The van der Waals surface area contributed by atoms with Crippen molar-refractivity contribution in [3.8, 4) is 0 Å². The normalized spacial score (nSPS) is 22.2. The third-order valence-corrected chi connectivity index (χ3v) is 3.35. The molecule has 0 heterocycles. The monoisotopic (exact) mass is 252 g/mol. The maximum Gasteiger partial charge on any atom is 0.238 e. The summed E-state index contributed by atoms with van der Waals surface area (Å²) in [6, 6.07) is 7.66. The zero-order valence-electron chi connectivity index (χ0n) is 9.87. The van der Waals surface area contributed by atoms with Gasteiger partial charge in [-0.05, 0) is 36.6 Å². The minimum Gasteiger partial charge on any atom is -0.325 e. The molecule has 0 radical (unpaired) electrons. The number of halogens is 1. The van der Waals surface area contributed by atoms with Gasteiger partial charge in [0.25, 0.3) is 0 Å². The highest BCUT2D eigenvalue weighted by atomic mass is 35.5. The standard InChI is InChI=1S/C13H17ClN2O/c1-2-9-7-12(9)15-8-13(17)16-11-5-3-10(14)4-6-11/h3-6,9,12,15H,2,7-8H2,1H3,(H,16,17). The number of hydrogen-bond donors (Lipinski definition) is 2. The lowest BCUT2D eigenvalue weighted by molar-refractivity contribution is -0.115. The molecule has 2 rings (SSSR count). The first-order valence-electron chi connectivity index (χ1n) is 5.98. The van der Waals surface area contributed by atoms with Crippen LogP contribution < -0.4 is 10.6 Å². The van der Waals surface area contributed by atoms with Crippen LogP contribution in [0.4, 0.5) is 5.69 Å². The molecule has 2 N–H and O–H groups in total. The maximum absolute atomic E-state index is 11.6. The van der Waals surface area contributed by atoms with E-state index >= 15 is 0 Å². The molecule has 2 unspecified atom stereocenters. The Bertz CT molecular complexity index is 391. The molecule has 1 amide bonds. The predicted octanol–water partition coefficient (Wildman–Crippen LogP) is 2.67. The SMILES string of the molecule is CCC1CC1NCC(=O)Nc1ccc(Cl)cc1. The van der Waals surface area contributed by atoms with Crippen molar-refractivity contribution in [2.75, 3.05) is 11.9 Å². The van der Waals surface area contributed by atoms with Gasteiger partial charge >= 0.3 is 0 Å². The second-order valence-electron chi connectivity index (χ2n) is 4.45. The first-order valence-corrected chi connectivity index (χ1v) is 6.35. The minimum atomic E-state index is -0.00549. The number of rotatable bonds is 5. The molecule has 92 valence electrons. The summed E-state index contributed by atoms with van der Waals surface area (Å²) in [7, 11) is 0. The van der Waals surface area contributed by atoms with Crippen LogP contribution in [-0.2, 0) is 4.79 Å². The Morgan fingerprint density at radius 1 is 1.41 bits per heavy atom. The van der Waals surface area contributed by atoms with Crippen LogP contribution in [0.1, 0.15) is 19.8 Å². The smallest absolute Gasteiger partial charge is 0.238 e. The Kier molecular flexibility index (Phi) is 4.02. The largest absolute Gasteiger partial charge is 0.325 e. The molecule has 1 aromatic rings. The number of nitrogens with one attached hydrogen (secondary N) is 2. The molecule has 1 saturated carbocycles. The van der Waals surface area contributed by atoms with Gasteiger partial charge in [0.05, 0.1) is 6.54 Å². The molecule has 0 aliphatic heterocycles. The van der Waals surface area contributed by atoms with Gasteiger partial charge in [0.15, 0.2) is 0 Å². The second kappa shape index (κ2) is 5.52. The number of carbonyl (C=O) groups excluding carboxylic acids is 1. The van der Waals surface area contributed by atoms with E-state index < -0.39 is 0 Å².